The second kappa shape index (κ2) is 18.4. The summed E-state index contributed by atoms with van der Waals surface area (Å²) in [6, 6.07) is 8.71. The summed E-state index contributed by atoms with van der Waals surface area (Å²) in [6.45, 7) is 10.8. The molecule has 1 aromatic heterocycles. The minimum Gasteiger partial charge on any atom is -0.331 e. The highest BCUT2D eigenvalue weighted by atomic mass is 35.5. The fraction of sp³-hybridized carbons (Fsp3) is 0.585. The number of imide groups is 1. The van der Waals surface area contributed by atoms with Crippen molar-refractivity contribution >= 4 is 64.7 Å². The van der Waals surface area contributed by atoms with Crippen LogP contribution in [-0.4, -0.2) is 98.3 Å². The first-order valence-corrected chi connectivity index (χ1v) is 20.3. The summed E-state index contributed by atoms with van der Waals surface area (Å²) in [6.07, 6.45) is 4.41. The standard InChI is InChI=1S/C41H51F3N8O4S.ClH/c1-25-22-49(23-26(2)50(25)24-36(54)47-29-11-16-34(46-21-29)32-15-17-35(53)48-37(32)55)18-6-5-7-27-8-12-30(13-9-27)52-39(57)51(38(56)40(52,3)4)31-14-10-28(20-45)33(19-31)41(42,43)44;/h10-11,14,16,19,21,25-27,30,32H,5-9,12-13,15,17-18,22-24H2,1-4H3,(H,47,54)(H,48,53,55);1H/t25-,26+,27?,30?,32?;. The van der Waals surface area contributed by atoms with E-state index in [1.165, 1.54) is 11.0 Å². The molecule has 314 valence electrons. The molecule has 3 atom stereocenters. The molecule has 17 heteroatoms. The number of amides is 4. The topological polar surface area (TPSA) is 142 Å². The third-order valence-electron chi connectivity index (χ3n) is 12.1. The Kier molecular flexibility index (Phi) is 14.2. The van der Waals surface area contributed by atoms with Crippen molar-refractivity contribution in [3.8, 4) is 6.07 Å². The van der Waals surface area contributed by atoms with Crippen LogP contribution in [-0.2, 0) is 25.4 Å². The van der Waals surface area contributed by atoms with Gasteiger partial charge in [0.1, 0.15) is 5.54 Å². The van der Waals surface area contributed by atoms with Crippen LogP contribution in [0, 0.1) is 17.2 Å². The maximum atomic E-state index is 13.7. The normalized spacial score (nSPS) is 25.6. The highest BCUT2D eigenvalue weighted by molar-refractivity contribution is 7.80. The summed E-state index contributed by atoms with van der Waals surface area (Å²) in [5, 5.41) is 14.7. The predicted octanol–water partition coefficient (Wildman–Crippen LogP) is 6.39. The predicted molar refractivity (Wildman–Crippen MR) is 219 cm³/mol. The molecule has 1 aliphatic carbocycles. The molecule has 58 heavy (non-hydrogen) atoms. The van der Waals surface area contributed by atoms with E-state index in [9.17, 15) is 37.6 Å². The average Bonchev–Trinajstić information content (AvgIpc) is 3.33. The average molecular weight is 845 g/mol. The van der Waals surface area contributed by atoms with E-state index in [4.69, 9.17) is 12.2 Å². The van der Waals surface area contributed by atoms with E-state index in [-0.39, 0.29) is 77.9 Å². The molecule has 1 unspecified atom stereocenters. The number of benzene rings is 1. The molecule has 2 aromatic rings. The summed E-state index contributed by atoms with van der Waals surface area (Å²) >= 11 is 5.76. The first-order chi connectivity index (χ1) is 27.0. The van der Waals surface area contributed by atoms with E-state index >= 15 is 0 Å². The number of thiocarbonyl (C=S) groups is 1. The Labute approximate surface area is 349 Å². The Morgan fingerprint density at radius 2 is 1.72 bits per heavy atom. The zero-order valence-corrected chi connectivity index (χ0v) is 34.9. The number of carbonyl (C=O) groups is 4. The number of nitrogens with one attached hydrogen (secondary N) is 2. The van der Waals surface area contributed by atoms with Gasteiger partial charge in [0, 0.05) is 37.6 Å². The van der Waals surface area contributed by atoms with Gasteiger partial charge in [-0.3, -0.25) is 39.3 Å². The van der Waals surface area contributed by atoms with Crippen LogP contribution in [0.3, 0.4) is 0 Å². The lowest BCUT2D eigenvalue weighted by Gasteiger charge is -2.44. The van der Waals surface area contributed by atoms with Gasteiger partial charge in [-0.05, 0) is 121 Å². The number of nitrogens with zero attached hydrogens (tertiary/aromatic N) is 6. The van der Waals surface area contributed by atoms with Gasteiger partial charge in [-0.1, -0.05) is 12.8 Å². The smallest absolute Gasteiger partial charge is 0.331 e. The number of aromatic nitrogens is 1. The van der Waals surface area contributed by atoms with Gasteiger partial charge in [-0.15, -0.1) is 12.4 Å². The van der Waals surface area contributed by atoms with Crippen molar-refractivity contribution < 1.29 is 32.3 Å². The third kappa shape index (κ3) is 9.81. The first-order valence-electron chi connectivity index (χ1n) is 19.8. The number of piperidine rings is 1. The number of hydrogen-bond donors (Lipinski definition) is 2. The van der Waals surface area contributed by atoms with Crippen molar-refractivity contribution in [2.24, 2.45) is 5.92 Å². The fourth-order valence-corrected chi connectivity index (χ4v) is 9.67. The second-order valence-corrected chi connectivity index (χ2v) is 16.9. The number of unbranched alkanes of at least 4 members (excludes halogenated alkanes) is 1. The number of anilines is 2. The SMILES string of the molecule is C[C@@H]1CN(CCCCC2CCC(N3C(=S)N(c4ccc(C#N)c(C(F)(F)F)c4)C(=O)C3(C)C)CC2)C[C@H](C)N1CC(=O)Nc1ccc(C2CCC(=O)NC2=O)nc1.Cl. The summed E-state index contributed by atoms with van der Waals surface area (Å²) < 4.78 is 41.2. The number of piperazine rings is 1. The Balaban J connectivity index is 0.00000641. The summed E-state index contributed by atoms with van der Waals surface area (Å²) in [4.78, 5) is 62.5. The zero-order valence-electron chi connectivity index (χ0n) is 33.3. The molecule has 0 radical (unpaired) electrons. The highest BCUT2D eigenvalue weighted by Gasteiger charge is 2.52. The number of alkyl halides is 3. The Morgan fingerprint density at radius 1 is 1.03 bits per heavy atom. The van der Waals surface area contributed by atoms with Gasteiger partial charge in [0.2, 0.25) is 17.7 Å². The van der Waals surface area contributed by atoms with Gasteiger partial charge >= 0.3 is 6.18 Å². The van der Waals surface area contributed by atoms with Gasteiger partial charge in [-0.25, -0.2) is 0 Å². The van der Waals surface area contributed by atoms with Gasteiger partial charge < -0.3 is 15.1 Å². The Morgan fingerprint density at radius 3 is 2.33 bits per heavy atom. The molecule has 6 rings (SSSR count). The van der Waals surface area contributed by atoms with E-state index in [0.717, 1.165) is 76.7 Å². The van der Waals surface area contributed by atoms with Crippen molar-refractivity contribution in [1.82, 2.24) is 25.0 Å². The number of rotatable bonds is 11. The van der Waals surface area contributed by atoms with Crippen molar-refractivity contribution in [2.75, 3.05) is 36.4 Å². The first kappa shape index (κ1) is 44.9. The number of halogens is 4. The van der Waals surface area contributed by atoms with Crippen LogP contribution in [0.4, 0.5) is 24.5 Å². The second-order valence-electron chi connectivity index (χ2n) is 16.5. The van der Waals surface area contributed by atoms with Gasteiger partial charge in [0.15, 0.2) is 5.11 Å². The maximum absolute atomic E-state index is 13.7. The lowest BCUT2D eigenvalue weighted by molar-refractivity contribution is -0.138. The summed E-state index contributed by atoms with van der Waals surface area (Å²) in [7, 11) is 0. The maximum Gasteiger partial charge on any atom is 0.417 e. The van der Waals surface area contributed by atoms with E-state index < -0.39 is 28.8 Å². The molecule has 12 nitrogen and oxygen atoms in total. The van der Waals surface area contributed by atoms with Crippen LogP contribution >= 0.6 is 24.6 Å². The van der Waals surface area contributed by atoms with Gasteiger partial charge in [-0.2, -0.15) is 18.4 Å². The van der Waals surface area contributed by atoms with Gasteiger partial charge in [0.05, 0.1) is 52.9 Å². The van der Waals surface area contributed by atoms with E-state index in [1.54, 1.807) is 38.2 Å². The Hall–Kier alpha value is -4.17. The monoisotopic (exact) mass is 844 g/mol. The van der Waals surface area contributed by atoms with E-state index in [1.807, 2.05) is 4.90 Å². The minimum atomic E-state index is -4.75. The quantitative estimate of drug-likeness (QED) is 0.149. The molecule has 1 saturated carbocycles. The molecule has 4 aliphatic rings. The van der Waals surface area contributed by atoms with E-state index in [2.05, 4.69) is 39.3 Å². The molecule has 1 aromatic carbocycles. The zero-order chi connectivity index (χ0) is 41.2. The molecule has 3 saturated heterocycles. The van der Waals surface area contributed by atoms with Crippen molar-refractivity contribution in [3.05, 3.63) is 53.3 Å². The molecule has 2 N–H and O–H groups in total. The summed E-state index contributed by atoms with van der Waals surface area (Å²) in [5.41, 5.74) is -1.47. The van der Waals surface area contributed by atoms with Gasteiger partial charge in [0.25, 0.3) is 5.91 Å². The number of pyridine rings is 1. The number of nitriles is 1. The summed E-state index contributed by atoms with van der Waals surface area (Å²) in [5.74, 6) is -1.05. The molecular formula is C41H52ClF3N8O4S. The van der Waals surface area contributed by atoms with Crippen LogP contribution in [0.25, 0.3) is 0 Å². The lowest BCUT2D eigenvalue weighted by Crippen LogP contribution is -2.58. The molecule has 4 heterocycles. The van der Waals surface area contributed by atoms with Crippen molar-refractivity contribution in [2.45, 2.75) is 121 Å². The fourth-order valence-electron chi connectivity index (χ4n) is 9.10. The van der Waals surface area contributed by atoms with Crippen LogP contribution in [0.5, 0.6) is 0 Å². The molecule has 0 bridgehead atoms. The Bertz CT molecular complexity index is 1910. The molecule has 3 aliphatic heterocycles. The molecular weight excluding hydrogens is 793 g/mol. The largest absolute Gasteiger partial charge is 0.417 e. The number of hydrogen-bond acceptors (Lipinski definition) is 9. The highest BCUT2D eigenvalue weighted by Crippen LogP contribution is 2.41. The molecule has 4 amide bonds. The van der Waals surface area contributed by atoms with Crippen molar-refractivity contribution in [3.63, 3.8) is 0 Å². The van der Waals surface area contributed by atoms with Crippen LogP contribution in [0.2, 0.25) is 0 Å². The van der Waals surface area contributed by atoms with Crippen LogP contribution in [0.1, 0.15) is 108 Å². The lowest BCUT2D eigenvalue weighted by atomic mass is 9.81. The van der Waals surface area contributed by atoms with Crippen LogP contribution in [0.15, 0.2) is 36.5 Å². The third-order valence-corrected chi connectivity index (χ3v) is 12.5. The van der Waals surface area contributed by atoms with Crippen molar-refractivity contribution in [1.29, 1.82) is 5.26 Å². The van der Waals surface area contributed by atoms with E-state index in [0.29, 0.717) is 23.7 Å². The minimum absolute atomic E-state index is 0. The van der Waals surface area contributed by atoms with Crippen LogP contribution < -0.4 is 15.5 Å². The number of carbonyl (C=O) groups excluding carboxylic acids is 4. The molecule has 0 spiro atoms. The molecule has 4 fully saturated rings.